The molecule has 0 radical (unpaired) electrons. The van der Waals surface area contributed by atoms with Crippen molar-refractivity contribution in [3.05, 3.63) is 70.6 Å². The first-order chi connectivity index (χ1) is 10.7. The van der Waals surface area contributed by atoms with Gasteiger partial charge in [-0.1, -0.05) is 36.4 Å². The van der Waals surface area contributed by atoms with E-state index in [2.05, 4.69) is 5.32 Å². The minimum absolute atomic E-state index is 0.00200. The summed E-state index contributed by atoms with van der Waals surface area (Å²) in [6.07, 6.45) is 2.34. The molecule has 0 spiro atoms. The molecule has 0 aliphatic rings. The fraction of sp³-hybridized carbons (Fsp3) is 0.294. The van der Waals surface area contributed by atoms with Crippen molar-refractivity contribution in [2.24, 2.45) is 0 Å². The highest BCUT2D eigenvalue weighted by Crippen LogP contribution is 2.16. The third kappa shape index (κ3) is 4.56. The van der Waals surface area contributed by atoms with Crippen molar-refractivity contribution in [3.8, 4) is 0 Å². The Morgan fingerprint density at radius 2 is 1.86 bits per heavy atom. The number of carbonyl (C=O) groups is 1. The number of carbonyl (C=O) groups excluding carboxylic acids is 1. The van der Waals surface area contributed by atoms with Crippen molar-refractivity contribution in [1.29, 1.82) is 0 Å². The maximum Gasteiger partial charge on any atom is 0.250 e. The zero-order valence-electron chi connectivity index (χ0n) is 12.3. The zero-order chi connectivity index (χ0) is 15.8. The molecule has 5 nitrogen and oxygen atoms in total. The van der Waals surface area contributed by atoms with Gasteiger partial charge in [0.2, 0.25) is 5.91 Å². The van der Waals surface area contributed by atoms with Gasteiger partial charge in [0.15, 0.2) is 0 Å². The molecule has 0 bridgehead atoms. The number of rotatable bonds is 7. The van der Waals surface area contributed by atoms with Crippen LogP contribution < -0.4 is 10.9 Å². The Hall–Kier alpha value is -2.40. The summed E-state index contributed by atoms with van der Waals surface area (Å²) in [7, 11) is 0. The van der Waals surface area contributed by atoms with Crippen LogP contribution in [-0.2, 0) is 11.3 Å². The monoisotopic (exact) mass is 300 g/mol. The second kappa shape index (κ2) is 8.14. The number of hydrogen-bond donors (Lipinski definition) is 2. The van der Waals surface area contributed by atoms with Crippen molar-refractivity contribution >= 4 is 5.91 Å². The van der Waals surface area contributed by atoms with Gasteiger partial charge in [-0.2, -0.15) is 0 Å². The van der Waals surface area contributed by atoms with E-state index in [0.717, 1.165) is 5.56 Å². The first kappa shape index (κ1) is 16.0. The van der Waals surface area contributed by atoms with E-state index in [9.17, 15) is 9.59 Å². The molecule has 5 heteroatoms. The van der Waals surface area contributed by atoms with Gasteiger partial charge in [-0.15, -0.1) is 0 Å². The molecule has 1 atom stereocenters. The lowest BCUT2D eigenvalue weighted by molar-refractivity contribution is -0.122. The van der Waals surface area contributed by atoms with Crippen LogP contribution in [0.15, 0.2) is 59.5 Å². The summed E-state index contributed by atoms with van der Waals surface area (Å²) in [4.78, 5) is 23.7. The van der Waals surface area contributed by atoms with Crippen molar-refractivity contribution in [2.75, 3.05) is 6.61 Å². The van der Waals surface area contributed by atoms with E-state index < -0.39 is 0 Å². The van der Waals surface area contributed by atoms with Gasteiger partial charge in [-0.05, 0) is 18.1 Å². The Kier molecular flexibility index (Phi) is 5.91. The van der Waals surface area contributed by atoms with E-state index in [1.165, 1.54) is 10.6 Å². The number of nitrogens with one attached hydrogen (secondary N) is 1. The van der Waals surface area contributed by atoms with Crippen LogP contribution in [0.5, 0.6) is 0 Å². The van der Waals surface area contributed by atoms with Crippen molar-refractivity contribution < 1.29 is 9.90 Å². The molecule has 2 aromatic rings. The molecule has 0 aliphatic carbocycles. The van der Waals surface area contributed by atoms with Crippen molar-refractivity contribution in [2.45, 2.75) is 25.4 Å². The molecule has 1 unspecified atom stereocenters. The van der Waals surface area contributed by atoms with Gasteiger partial charge in [0.1, 0.15) is 0 Å². The normalized spacial score (nSPS) is 11.9. The van der Waals surface area contributed by atoms with Gasteiger partial charge in [-0.25, -0.2) is 0 Å². The van der Waals surface area contributed by atoms with Crippen LogP contribution in [-0.4, -0.2) is 22.2 Å². The fourth-order valence-electron chi connectivity index (χ4n) is 2.27. The van der Waals surface area contributed by atoms with Crippen LogP contribution in [0, 0.1) is 0 Å². The molecule has 0 saturated heterocycles. The average molecular weight is 300 g/mol. The van der Waals surface area contributed by atoms with Crippen molar-refractivity contribution in [3.63, 3.8) is 0 Å². The topological polar surface area (TPSA) is 71.3 Å². The number of benzene rings is 1. The molecule has 1 aromatic carbocycles. The van der Waals surface area contributed by atoms with Crippen LogP contribution in [0.4, 0.5) is 0 Å². The minimum Gasteiger partial charge on any atom is -0.396 e. The van der Waals surface area contributed by atoms with Crippen LogP contribution in [0.3, 0.4) is 0 Å². The average Bonchev–Trinajstić information content (AvgIpc) is 2.54. The quantitative estimate of drug-likeness (QED) is 0.813. The largest absolute Gasteiger partial charge is 0.396 e. The molecule has 2 N–H and O–H groups in total. The number of nitrogens with zero attached hydrogens (tertiary/aromatic N) is 1. The summed E-state index contributed by atoms with van der Waals surface area (Å²) < 4.78 is 1.50. The molecule has 1 amide bonds. The summed E-state index contributed by atoms with van der Waals surface area (Å²) in [5.41, 5.74) is 0.840. The third-order valence-electron chi connectivity index (χ3n) is 3.43. The molecule has 0 saturated carbocycles. The second-order valence-electron chi connectivity index (χ2n) is 5.03. The molecule has 2 rings (SSSR count). The van der Waals surface area contributed by atoms with Gasteiger partial charge < -0.3 is 15.0 Å². The number of aliphatic hydroxyl groups excluding tert-OH is 1. The maximum atomic E-state index is 12.1. The van der Waals surface area contributed by atoms with Gasteiger partial charge in [-0.3, -0.25) is 9.59 Å². The smallest absolute Gasteiger partial charge is 0.250 e. The predicted octanol–water partition coefficient (Wildman–Crippen LogP) is 1.48. The van der Waals surface area contributed by atoms with Crippen LogP contribution in [0.25, 0.3) is 0 Å². The second-order valence-corrected chi connectivity index (χ2v) is 5.03. The Balaban J connectivity index is 1.94. The lowest BCUT2D eigenvalue weighted by Gasteiger charge is -2.18. The fourth-order valence-corrected chi connectivity index (χ4v) is 2.27. The van der Waals surface area contributed by atoms with E-state index >= 15 is 0 Å². The third-order valence-corrected chi connectivity index (χ3v) is 3.43. The number of amides is 1. The molecule has 1 aromatic heterocycles. The van der Waals surface area contributed by atoms with E-state index in [-0.39, 0.29) is 30.5 Å². The lowest BCUT2D eigenvalue weighted by Crippen LogP contribution is -2.31. The number of aliphatic hydroxyl groups is 1. The number of aromatic nitrogens is 1. The first-order valence-corrected chi connectivity index (χ1v) is 7.31. The van der Waals surface area contributed by atoms with Crippen LogP contribution in [0.1, 0.15) is 24.4 Å². The molecular formula is C17H20N2O3. The Labute approximate surface area is 129 Å². The predicted molar refractivity (Wildman–Crippen MR) is 84.3 cm³/mol. The van der Waals surface area contributed by atoms with E-state index in [4.69, 9.17) is 5.11 Å². The highest BCUT2D eigenvalue weighted by Gasteiger charge is 2.13. The summed E-state index contributed by atoms with van der Waals surface area (Å²) in [5, 5.41) is 12.1. The van der Waals surface area contributed by atoms with E-state index in [1.54, 1.807) is 18.3 Å². The summed E-state index contributed by atoms with van der Waals surface area (Å²) in [6, 6.07) is 14.2. The zero-order valence-corrected chi connectivity index (χ0v) is 12.3. The SMILES string of the molecule is O=C(CCn1ccccc1=O)NC(CCO)c1ccccc1. The van der Waals surface area contributed by atoms with Gasteiger partial charge >= 0.3 is 0 Å². The summed E-state index contributed by atoms with van der Waals surface area (Å²) in [6.45, 7) is 0.337. The van der Waals surface area contributed by atoms with Gasteiger partial charge in [0.05, 0.1) is 6.04 Å². The molecule has 1 heterocycles. The molecule has 0 aliphatic heterocycles. The standard InChI is InChI=1S/C17H20N2O3/c20-13-10-15(14-6-2-1-3-7-14)18-16(21)9-12-19-11-5-4-8-17(19)22/h1-8,11,15,20H,9-10,12-13H2,(H,18,21). The number of hydrogen-bond acceptors (Lipinski definition) is 3. The first-order valence-electron chi connectivity index (χ1n) is 7.31. The van der Waals surface area contributed by atoms with Crippen LogP contribution in [0.2, 0.25) is 0 Å². The van der Waals surface area contributed by atoms with E-state index in [0.29, 0.717) is 13.0 Å². The Morgan fingerprint density at radius 3 is 2.55 bits per heavy atom. The highest BCUT2D eigenvalue weighted by atomic mass is 16.3. The Morgan fingerprint density at radius 1 is 1.14 bits per heavy atom. The maximum absolute atomic E-state index is 12.1. The highest BCUT2D eigenvalue weighted by molar-refractivity contribution is 5.76. The van der Waals surface area contributed by atoms with Crippen LogP contribution >= 0.6 is 0 Å². The van der Waals surface area contributed by atoms with Gasteiger partial charge in [0.25, 0.3) is 5.56 Å². The van der Waals surface area contributed by atoms with Gasteiger partial charge in [0, 0.05) is 31.8 Å². The molecule has 116 valence electrons. The summed E-state index contributed by atoms with van der Waals surface area (Å²) in [5.74, 6) is -0.141. The summed E-state index contributed by atoms with van der Waals surface area (Å²) >= 11 is 0. The lowest BCUT2D eigenvalue weighted by atomic mass is 10.0. The van der Waals surface area contributed by atoms with E-state index in [1.807, 2.05) is 30.3 Å². The van der Waals surface area contributed by atoms with Crippen molar-refractivity contribution in [1.82, 2.24) is 9.88 Å². The molecule has 22 heavy (non-hydrogen) atoms. The number of pyridine rings is 1. The molecule has 0 fully saturated rings. The Bertz CT molecular complexity index is 652. The number of aryl methyl sites for hydroxylation is 1. The molecular weight excluding hydrogens is 280 g/mol. The minimum atomic E-state index is -0.216.